The van der Waals surface area contributed by atoms with E-state index in [-0.39, 0.29) is 18.9 Å². The Morgan fingerprint density at radius 2 is 2.14 bits per heavy atom. The molecule has 6 heteroatoms. The fourth-order valence-corrected chi connectivity index (χ4v) is 3.42. The fourth-order valence-electron chi connectivity index (χ4n) is 2.66. The summed E-state index contributed by atoms with van der Waals surface area (Å²) in [5.41, 5.74) is 2.04. The predicted octanol–water partition coefficient (Wildman–Crippen LogP) is 3.97. The Balaban J connectivity index is 1.60. The van der Waals surface area contributed by atoms with E-state index < -0.39 is 5.92 Å². The maximum atomic E-state index is 13.1. The van der Waals surface area contributed by atoms with Gasteiger partial charge in [-0.15, -0.1) is 0 Å². The molecule has 0 saturated heterocycles. The van der Waals surface area contributed by atoms with Crippen molar-refractivity contribution >= 4 is 21.6 Å². The molecule has 114 valence electrons. The molecule has 0 bridgehead atoms. The van der Waals surface area contributed by atoms with E-state index in [0.717, 1.165) is 15.8 Å². The van der Waals surface area contributed by atoms with Crippen molar-refractivity contribution in [3.05, 3.63) is 23.8 Å². The van der Waals surface area contributed by atoms with Crippen LogP contribution < -0.4 is 10.1 Å². The Morgan fingerprint density at radius 3 is 2.86 bits per heavy atom. The Morgan fingerprint density at radius 1 is 1.38 bits per heavy atom. The largest absolute Gasteiger partial charge is 0.473 e. The van der Waals surface area contributed by atoms with Crippen molar-refractivity contribution in [2.45, 2.75) is 44.2 Å². The molecule has 0 spiro atoms. The third-order valence-electron chi connectivity index (χ3n) is 3.92. The first kappa shape index (κ1) is 14.7. The van der Waals surface area contributed by atoms with E-state index in [1.165, 1.54) is 11.3 Å². The Labute approximate surface area is 126 Å². The lowest BCUT2D eigenvalue weighted by Crippen LogP contribution is -2.36. The van der Waals surface area contributed by atoms with Gasteiger partial charge < -0.3 is 10.1 Å². The lowest BCUT2D eigenvalue weighted by molar-refractivity contribution is -0.0405. The van der Waals surface area contributed by atoms with Crippen molar-refractivity contribution in [2.75, 3.05) is 7.11 Å². The van der Waals surface area contributed by atoms with Gasteiger partial charge >= 0.3 is 0 Å². The summed E-state index contributed by atoms with van der Waals surface area (Å²) in [6, 6.07) is 6.29. The van der Waals surface area contributed by atoms with Crippen LogP contribution in [0.3, 0.4) is 0 Å². The molecular formula is C15H18F2N2OS. The molecule has 0 atom stereocenters. The van der Waals surface area contributed by atoms with Crippen molar-refractivity contribution in [1.82, 2.24) is 10.3 Å². The number of nitrogens with zero attached hydrogens (tertiary/aromatic N) is 1. The molecule has 21 heavy (non-hydrogen) atoms. The van der Waals surface area contributed by atoms with Crippen LogP contribution in [0.4, 0.5) is 8.78 Å². The van der Waals surface area contributed by atoms with Gasteiger partial charge in [0.05, 0.1) is 17.3 Å². The van der Waals surface area contributed by atoms with Crippen LogP contribution in [0.1, 0.15) is 31.2 Å². The van der Waals surface area contributed by atoms with Crippen LogP contribution in [-0.2, 0) is 6.54 Å². The van der Waals surface area contributed by atoms with Gasteiger partial charge in [-0.2, -0.15) is 0 Å². The van der Waals surface area contributed by atoms with Gasteiger partial charge in [0.15, 0.2) is 0 Å². The van der Waals surface area contributed by atoms with Gasteiger partial charge in [-0.25, -0.2) is 13.8 Å². The molecule has 1 N–H and O–H groups in total. The second kappa shape index (κ2) is 5.85. The zero-order valence-corrected chi connectivity index (χ0v) is 12.7. The van der Waals surface area contributed by atoms with Gasteiger partial charge in [-0.3, -0.25) is 0 Å². The fraction of sp³-hybridized carbons (Fsp3) is 0.533. The highest BCUT2D eigenvalue weighted by molar-refractivity contribution is 7.20. The minimum absolute atomic E-state index is 0.00696. The molecule has 1 aliphatic carbocycles. The summed E-state index contributed by atoms with van der Waals surface area (Å²) >= 11 is 1.51. The quantitative estimate of drug-likeness (QED) is 0.927. The van der Waals surface area contributed by atoms with Crippen molar-refractivity contribution in [1.29, 1.82) is 0 Å². The standard InChI is InChI=1S/C15H18F2N2OS/c1-20-14-19-12-8-10(2-3-13(12)21-14)9-18-11-4-6-15(16,17)7-5-11/h2-3,8,11,18H,4-7,9H2,1H3. The summed E-state index contributed by atoms with van der Waals surface area (Å²) < 4.78 is 32.4. The minimum Gasteiger partial charge on any atom is -0.473 e. The van der Waals surface area contributed by atoms with Crippen LogP contribution in [0, 0.1) is 0 Å². The number of thiazole rings is 1. The maximum absolute atomic E-state index is 13.1. The average Bonchev–Trinajstić information content (AvgIpc) is 2.88. The van der Waals surface area contributed by atoms with Crippen molar-refractivity contribution < 1.29 is 13.5 Å². The number of alkyl halides is 2. The summed E-state index contributed by atoms with van der Waals surface area (Å²) in [6.07, 6.45) is 1.07. The van der Waals surface area contributed by atoms with E-state index in [4.69, 9.17) is 4.74 Å². The van der Waals surface area contributed by atoms with Crippen molar-refractivity contribution in [2.24, 2.45) is 0 Å². The number of nitrogens with one attached hydrogen (secondary N) is 1. The van der Waals surface area contributed by atoms with Crippen LogP contribution in [0.25, 0.3) is 10.2 Å². The van der Waals surface area contributed by atoms with E-state index in [1.54, 1.807) is 7.11 Å². The normalized spacial score (nSPS) is 19.0. The van der Waals surface area contributed by atoms with Crippen LogP contribution in [0.15, 0.2) is 18.2 Å². The Bertz CT molecular complexity index is 619. The van der Waals surface area contributed by atoms with E-state index in [2.05, 4.69) is 10.3 Å². The van der Waals surface area contributed by atoms with Crippen molar-refractivity contribution in [3.8, 4) is 5.19 Å². The molecule has 1 fully saturated rings. The molecule has 0 amide bonds. The highest BCUT2D eigenvalue weighted by atomic mass is 32.1. The van der Waals surface area contributed by atoms with E-state index >= 15 is 0 Å². The van der Waals surface area contributed by atoms with E-state index in [9.17, 15) is 8.78 Å². The summed E-state index contributed by atoms with van der Waals surface area (Å²) in [5.74, 6) is -2.46. The molecule has 3 rings (SSSR count). The number of ether oxygens (including phenoxy) is 1. The summed E-state index contributed by atoms with van der Waals surface area (Å²) in [6.45, 7) is 0.687. The van der Waals surface area contributed by atoms with Gasteiger partial charge in [0.25, 0.3) is 5.19 Å². The lowest BCUT2D eigenvalue weighted by atomic mass is 9.92. The third kappa shape index (κ3) is 3.49. The van der Waals surface area contributed by atoms with Gasteiger partial charge in [0, 0.05) is 25.4 Å². The molecule has 0 unspecified atom stereocenters. The molecule has 1 saturated carbocycles. The van der Waals surface area contributed by atoms with Crippen LogP contribution >= 0.6 is 11.3 Å². The highest BCUT2D eigenvalue weighted by Gasteiger charge is 2.34. The number of benzene rings is 1. The molecule has 1 aliphatic rings. The number of aromatic nitrogens is 1. The first-order chi connectivity index (χ1) is 10.1. The maximum Gasteiger partial charge on any atom is 0.274 e. The number of halogens is 2. The zero-order chi connectivity index (χ0) is 14.9. The molecular weight excluding hydrogens is 294 g/mol. The summed E-state index contributed by atoms with van der Waals surface area (Å²) in [4.78, 5) is 4.38. The van der Waals surface area contributed by atoms with Crippen molar-refractivity contribution in [3.63, 3.8) is 0 Å². The second-order valence-corrected chi connectivity index (χ2v) is 6.49. The SMILES string of the molecule is COc1nc2cc(CNC3CCC(F)(F)CC3)ccc2s1. The number of hydrogen-bond acceptors (Lipinski definition) is 4. The van der Waals surface area contributed by atoms with Gasteiger partial charge in [0.2, 0.25) is 5.92 Å². The molecule has 1 heterocycles. The van der Waals surface area contributed by atoms with Crippen LogP contribution in [0.5, 0.6) is 5.19 Å². The molecule has 1 aromatic carbocycles. The first-order valence-corrected chi connectivity index (χ1v) is 7.92. The molecule has 1 aromatic heterocycles. The Hall–Kier alpha value is -1.27. The first-order valence-electron chi connectivity index (χ1n) is 7.10. The topological polar surface area (TPSA) is 34.1 Å². The molecule has 2 aromatic rings. The summed E-state index contributed by atoms with van der Waals surface area (Å²) in [5, 5.41) is 4.03. The molecule has 0 radical (unpaired) electrons. The predicted molar refractivity (Wildman–Crippen MR) is 80.2 cm³/mol. The second-order valence-electron chi connectivity index (χ2n) is 5.50. The monoisotopic (exact) mass is 312 g/mol. The molecule has 3 nitrogen and oxygen atoms in total. The average molecular weight is 312 g/mol. The summed E-state index contributed by atoms with van der Waals surface area (Å²) in [7, 11) is 1.61. The lowest BCUT2D eigenvalue weighted by Gasteiger charge is -2.28. The number of hydrogen-bond donors (Lipinski definition) is 1. The van der Waals surface area contributed by atoms with Crippen LogP contribution in [-0.4, -0.2) is 24.1 Å². The van der Waals surface area contributed by atoms with E-state index in [0.29, 0.717) is 24.6 Å². The minimum atomic E-state index is -2.46. The highest BCUT2D eigenvalue weighted by Crippen LogP contribution is 2.33. The number of rotatable bonds is 4. The number of fused-ring (bicyclic) bond motifs is 1. The van der Waals surface area contributed by atoms with Crippen LogP contribution in [0.2, 0.25) is 0 Å². The van der Waals surface area contributed by atoms with E-state index in [1.807, 2.05) is 18.2 Å². The third-order valence-corrected chi connectivity index (χ3v) is 4.92. The smallest absolute Gasteiger partial charge is 0.274 e. The molecule has 0 aliphatic heterocycles. The zero-order valence-electron chi connectivity index (χ0n) is 11.9. The Kier molecular flexibility index (Phi) is 4.08. The van der Waals surface area contributed by atoms with Gasteiger partial charge in [-0.1, -0.05) is 17.4 Å². The van der Waals surface area contributed by atoms with Gasteiger partial charge in [0.1, 0.15) is 0 Å². The number of methoxy groups -OCH3 is 1. The van der Waals surface area contributed by atoms with Gasteiger partial charge in [-0.05, 0) is 30.5 Å².